The lowest BCUT2D eigenvalue weighted by Crippen LogP contribution is -2.41. The lowest BCUT2D eigenvalue weighted by Gasteiger charge is -2.32. The number of aromatic amines is 1. The number of pyridine rings is 1. The van der Waals surface area contributed by atoms with Crippen LogP contribution >= 0.6 is 11.3 Å². The first-order chi connectivity index (χ1) is 21.9. The number of carbonyl (C=O) groups is 2. The minimum atomic E-state index is -0.991. The summed E-state index contributed by atoms with van der Waals surface area (Å²) < 4.78 is 43.0. The van der Waals surface area contributed by atoms with Crippen LogP contribution < -0.4 is 11.0 Å². The normalized spacial score (nSPS) is 20.7. The van der Waals surface area contributed by atoms with Crippen LogP contribution in [0.2, 0.25) is 0 Å². The quantitative estimate of drug-likeness (QED) is 0.243. The fourth-order valence-corrected chi connectivity index (χ4v) is 7.50. The Bertz CT molecular complexity index is 1820. The van der Waals surface area contributed by atoms with E-state index in [-0.39, 0.29) is 30.1 Å². The van der Waals surface area contributed by atoms with Gasteiger partial charge in [-0.2, -0.15) is 0 Å². The highest BCUT2D eigenvalue weighted by Crippen LogP contribution is 2.47. The summed E-state index contributed by atoms with van der Waals surface area (Å²) in [5, 5.41) is 3.56. The molecule has 4 heterocycles. The van der Waals surface area contributed by atoms with E-state index in [0.717, 1.165) is 11.6 Å². The van der Waals surface area contributed by atoms with Gasteiger partial charge in [-0.25, -0.2) is 33.1 Å². The molecule has 0 radical (unpaired) electrons. The molecule has 1 aliphatic carbocycles. The van der Waals surface area contributed by atoms with Crippen molar-refractivity contribution in [3.05, 3.63) is 79.8 Å². The molecule has 1 aliphatic heterocycles. The molecule has 3 atom stereocenters. The minimum Gasteiger partial charge on any atom is -0.444 e. The first-order valence-corrected chi connectivity index (χ1v) is 16.1. The third-order valence-electron chi connectivity index (χ3n) is 8.39. The van der Waals surface area contributed by atoms with Crippen molar-refractivity contribution in [1.82, 2.24) is 29.7 Å². The zero-order valence-corrected chi connectivity index (χ0v) is 26.8. The number of H-pyrrole nitrogens is 1. The van der Waals surface area contributed by atoms with Crippen LogP contribution in [0.3, 0.4) is 0 Å². The molecule has 6 rings (SSSR count). The van der Waals surface area contributed by atoms with Gasteiger partial charge in [0.2, 0.25) is 0 Å². The second-order valence-electron chi connectivity index (χ2n) is 12.7. The fraction of sp³-hybridized carbons (Fsp3) is 0.469. The van der Waals surface area contributed by atoms with Crippen LogP contribution in [-0.4, -0.2) is 55.3 Å². The van der Waals surface area contributed by atoms with E-state index in [9.17, 15) is 18.8 Å². The molecule has 11 nitrogen and oxygen atoms in total. The third kappa shape index (κ3) is 6.35. The number of aromatic nitrogens is 4. The Balaban J connectivity index is 1.23. The van der Waals surface area contributed by atoms with Crippen LogP contribution in [0.4, 0.5) is 18.4 Å². The second kappa shape index (κ2) is 12.5. The van der Waals surface area contributed by atoms with Crippen molar-refractivity contribution in [2.45, 2.75) is 83.1 Å². The highest BCUT2D eigenvalue weighted by Gasteiger charge is 2.40. The van der Waals surface area contributed by atoms with Crippen molar-refractivity contribution < 1.29 is 27.8 Å². The maximum absolute atomic E-state index is 15.2. The van der Waals surface area contributed by atoms with Gasteiger partial charge in [0.25, 0.3) is 0 Å². The number of benzene rings is 1. The minimum absolute atomic E-state index is 0.106. The molecule has 14 heteroatoms. The van der Waals surface area contributed by atoms with Gasteiger partial charge in [-0.05, 0) is 77.1 Å². The predicted molar refractivity (Wildman–Crippen MR) is 167 cm³/mol. The molecule has 2 aliphatic rings. The molecule has 46 heavy (non-hydrogen) atoms. The van der Waals surface area contributed by atoms with Crippen molar-refractivity contribution in [2.24, 2.45) is 0 Å². The number of ether oxygens (including phenoxy) is 2. The summed E-state index contributed by atoms with van der Waals surface area (Å²) in [4.78, 5) is 53.1. The van der Waals surface area contributed by atoms with E-state index in [1.54, 1.807) is 49.4 Å². The summed E-state index contributed by atoms with van der Waals surface area (Å²) in [5.41, 5.74) is 0.799. The predicted octanol–water partition coefficient (Wildman–Crippen LogP) is 6.43. The Morgan fingerprint density at radius 3 is 2.59 bits per heavy atom. The van der Waals surface area contributed by atoms with E-state index < -0.39 is 47.5 Å². The molecule has 3 aromatic heterocycles. The van der Waals surface area contributed by atoms with Gasteiger partial charge in [-0.3, -0.25) is 9.55 Å². The molecule has 2 amide bonds. The number of nitrogens with zero attached hydrogens (tertiary/aromatic N) is 4. The van der Waals surface area contributed by atoms with Crippen LogP contribution in [0, 0.1) is 18.6 Å². The van der Waals surface area contributed by atoms with Gasteiger partial charge in [-0.1, -0.05) is 12.1 Å². The number of imidazole rings is 1. The first kappa shape index (κ1) is 31.6. The third-order valence-corrected chi connectivity index (χ3v) is 9.46. The average molecular weight is 655 g/mol. The lowest BCUT2D eigenvalue weighted by atomic mass is 9.87. The van der Waals surface area contributed by atoms with Crippen LogP contribution in [-0.2, 0) is 9.47 Å². The van der Waals surface area contributed by atoms with Gasteiger partial charge in [0.15, 0.2) is 17.3 Å². The van der Waals surface area contributed by atoms with Crippen LogP contribution in [0.15, 0.2) is 41.3 Å². The molecule has 244 valence electrons. The number of aryl methyl sites for hydroxylation is 1. The van der Waals surface area contributed by atoms with Crippen molar-refractivity contribution in [1.29, 1.82) is 0 Å². The number of fused-ring (bicyclic) bond motifs is 2. The SMILES string of the molecule is Cc1nc2c(s1)[C@@H](NC(=O)OC(C)(C)C)[C@H](c1cccc(F)c1F)CC[C@H]2OC(=O)N1CCC(n2c(=O)[nH]c3ncccc32)CC1. The topological polar surface area (TPSA) is 131 Å². The molecule has 0 bridgehead atoms. The maximum Gasteiger partial charge on any atom is 0.410 e. The van der Waals surface area contributed by atoms with Crippen LogP contribution in [0.1, 0.15) is 91.7 Å². The van der Waals surface area contributed by atoms with Gasteiger partial charge in [0.05, 0.1) is 27.1 Å². The van der Waals surface area contributed by atoms with Gasteiger partial charge < -0.3 is 19.7 Å². The van der Waals surface area contributed by atoms with Crippen LogP contribution in [0.5, 0.6) is 0 Å². The second-order valence-corrected chi connectivity index (χ2v) is 13.9. The number of amides is 2. The summed E-state index contributed by atoms with van der Waals surface area (Å²) in [5.74, 6) is -2.67. The summed E-state index contributed by atoms with van der Waals surface area (Å²) >= 11 is 1.30. The van der Waals surface area contributed by atoms with E-state index in [0.29, 0.717) is 47.2 Å². The number of halogens is 2. The summed E-state index contributed by atoms with van der Waals surface area (Å²) in [6.07, 6.45) is 1.23. The van der Waals surface area contributed by atoms with Gasteiger partial charge in [-0.15, -0.1) is 11.3 Å². The largest absolute Gasteiger partial charge is 0.444 e. The van der Waals surface area contributed by atoms with E-state index in [1.165, 1.54) is 23.5 Å². The number of thiazole rings is 1. The smallest absolute Gasteiger partial charge is 0.410 e. The number of carbonyl (C=O) groups excluding carboxylic acids is 2. The Kier molecular flexibility index (Phi) is 8.57. The van der Waals surface area contributed by atoms with Crippen LogP contribution in [0.25, 0.3) is 11.2 Å². The number of likely N-dealkylation sites (tertiary alicyclic amines) is 1. The van der Waals surface area contributed by atoms with Crippen molar-refractivity contribution >= 4 is 34.7 Å². The van der Waals surface area contributed by atoms with Gasteiger partial charge >= 0.3 is 17.9 Å². The van der Waals surface area contributed by atoms with E-state index in [4.69, 9.17) is 14.5 Å². The molecular weight excluding hydrogens is 618 g/mol. The average Bonchev–Trinajstić information content (AvgIpc) is 3.52. The lowest BCUT2D eigenvalue weighted by molar-refractivity contribution is 0.0474. The Morgan fingerprint density at radius 2 is 1.85 bits per heavy atom. The van der Waals surface area contributed by atoms with E-state index in [1.807, 2.05) is 6.07 Å². The van der Waals surface area contributed by atoms with Crippen molar-refractivity contribution in [2.75, 3.05) is 13.1 Å². The summed E-state index contributed by atoms with van der Waals surface area (Å²) in [7, 11) is 0. The standard InChI is InChI=1S/C32H36F2N6O5S/c1-17-36-26-23(44-31(43)39-15-12-18(13-16-39)40-22-9-6-14-35-28(22)38-29(40)41)11-10-20(19-7-5-8-21(33)24(19)34)25(27(26)46-17)37-30(42)45-32(2,3)4/h5-9,14,18,20,23,25H,10-13,15-16H2,1-4H3,(H,37,42)(H,35,38,41)/t20-,23+,25-/m0/s1. The Hall–Kier alpha value is -4.33. The van der Waals surface area contributed by atoms with Crippen molar-refractivity contribution in [3.8, 4) is 0 Å². The van der Waals surface area contributed by atoms with E-state index in [2.05, 4.69) is 15.3 Å². The first-order valence-electron chi connectivity index (χ1n) is 15.3. The molecule has 0 spiro atoms. The monoisotopic (exact) mass is 654 g/mol. The van der Waals surface area contributed by atoms with Gasteiger partial charge in [0, 0.05) is 31.2 Å². The molecule has 0 saturated carbocycles. The molecule has 1 fully saturated rings. The molecule has 1 aromatic carbocycles. The molecule has 4 aromatic rings. The maximum atomic E-state index is 15.2. The zero-order chi connectivity index (χ0) is 32.7. The molecule has 1 saturated heterocycles. The number of hydrogen-bond acceptors (Lipinski definition) is 8. The number of alkyl carbamates (subject to hydrolysis) is 1. The molecular formula is C32H36F2N6O5S. The Labute approximate surface area is 267 Å². The number of piperidine rings is 1. The fourth-order valence-electron chi connectivity index (χ4n) is 6.41. The summed E-state index contributed by atoms with van der Waals surface area (Å²) in [6.45, 7) is 7.75. The highest BCUT2D eigenvalue weighted by atomic mass is 32.1. The zero-order valence-electron chi connectivity index (χ0n) is 26.0. The van der Waals surface area contributed by atoms with E-state index >= 15 is 4.39 Å². The molecule has 2 N–H and O–H groups in total. The van der Waals surface area contributed by atoms with Crippen molar-refractivity contribution in [3.63, 3.8) is 0 Å². The molecule has 0 unspecified atom stereocenters. The Morgan fingerprint density at radius 1 is 1.09 bits per heavy atom. The number of nitrogens with one attached hydrogen (secondary N) is 2. The van der Waals surface area contributed by atoms with Gasteiger partial charge in [0.1, 0.15) is 11.7 Å². The number of rotatable bonds is 4. The highest BCUT2D eigenvalue weighted by molar-refractivity contribution is 7.11. The summed E-state index contributed by atoms with van der Waals surface area (Å²) in [6, 6.07) is 6.69. The number of hydrogen-bond donors (Lipinski definition) is 2.